The van der Waals surface area contributed by atoms with E-state index in [1.54, 1.807) is 0 Å². The van der Waals surface area contributed by atoms with Gasteiger partial charge in [0, 0.05) is 6.92 Å². The van der Waals surface area contributed by atoms with Crippen molar-refractivity contribution in [2.75, 3.05) is 11.9 Å². The molecule has 0 bridgehead atoms. The minimum Gasteiger partial charge on any atom is -0.492 e. The quantitative estimate of drug-likeness (QED) is 0.787. The van der Waals surface area contributed by atoms with Crippen molar-refractivity contribution in [1.82, 2.24) is 0 Å². The number of carbonyl (C=O) groups is 1. The summed E-state index contributed by atoms with van der Waals surface area (Å²) in [5.41, 5.74) is 5.78. The Balaban J connectivity index is 2.10. The van der Waals surface area contributed by atoms with Crippen molar-refractivity contribution < 1.29 is 9.53 Å². The second-order valence-electron chi connectivity index (χ2n) is 4.95. The number of hydrogen-bond acceptors (Lipinski definition) is 2. The van der Waals surface area contributed by atoms with Crippen molar-refractivity contribution in [2.45, 2.75) is 20.3 Å². The van der Waals surface area contributed by atoms with E-state index in [4.69, 9.17) is 4.74 Å². The normalized spacial score (nSPS) is 11.7. The molecule has 3 heteroatoms. The summed E-state index contributed by atoms with van der Waals surface area (Å²) in [4.78, 5) is 11.3. The van der Waals surface area contributed by atoms with E-state index in [1.807, 2.05) is 19.1 Å². The van der Waals surface area contributed by atoms with Crippen LogP contribution in [-0.2, 0) is 11.2 Å². The molecule has 1 N–H and O–H groups in total. The van der Waals surface area contributed by atoms with Crippen molar-refractivity contribution in [1.29, 1.82) is 0 Å². The second-order valence-corrected chi connectivity index (χ2v) is 4.95. The number of ether oxygens (including phenoxy) is 1. The van der Waals surface area contributed by atoms with Gasteiger partial charge in [-0.25, -0.2) is 0 Å². The van der Waals surface area contributed by atoms with Crippen LogP contribution in [0.2, 0.25) is 0 Å². The highest BCUT2D eigenvalue weighted by atomic mass is 16.5. The summed E-state index contributed by atoms with van der Waals surface area (Å²) in [6.45, 7) is 4.03. The average molecular weight is 267 g/mol. The molecule has 1 aliphatic carbocycles. The van der Waals surface area contributed by atoms with Crippen LogP contribution in [0.25, 0.3) is 11.1 Å². The molecule has 2 aromatic carbocycles. The maximum absolute atomic E-state index is 11.3. The fraction of sp³-hybridized carbons (Fsp3) is 0.235. The third kappa shape index (κ3) is 2.16. The summed E-state index contributed by atoms with van der Waals surface area (Å²) < 4.78 is 5.66. The molecule has 0 saturated heterocycles. The zero-order valence-corrected chi connectivity index (χ0v) is 11.7. The number of benzene rings is 2. The number of hydrogen-bond donors (Lipinski definition) is 1. The minimum absolute atomic E-state index is 0.0820. The topological polar surface area (TPSA) is 38.3 Å². The highest BCUT2D eigenvalue weighted by molar-refractivity contribution is 5.92. The second kappa shape index (κ2) is 5.00. The molecule has 0 aromatic heterocycles. The van der Waals surface area contributed by atoms with E-state index in [9.17, 15) is 4.79 Å². The van der Waals surface area contributed by atoms with E-state index in [2.05, 4.69) is 29.6 Å². The Morgan fingerprint density at radius 1 is 1.20 bits per heavy atom. The molecule has 2 aromatic rings. The fourth-order valence-electron chi connectivity index (χ4n) is 2.73. The molecule has 0 fully saturated rings. The number of anilines is 1. The Hall–Kier alpha value is -2.29. The van der Waals surface area contributed by atoms with Crippen molar-refractivity contribution in [2.24, 2.45) is 0 Å². The van der Waals surface area contributed by atoms with Crippen LogP contribution in [0, 0.1) is 0 Å². The lowest BCUT2D eigenvalue weighted by Crippen LogP contribution is -2.08. The largest absolute Gasteiger partial charge is 0.492 e. The standard InChI is InChI=1S/C17H17NO2/c1-3-20-17-10-15-13(9-16(17)18-11(2)19)8-12-6-4-5-7-14(12)15/h4-7,9-10H,3,8H2,1-2H3,(H,18,19). The van der Waals surface area contributed by atoms with Gasteiger partial charge in [0.25, 0.3) is 0 Å². The van der Waals surface area contributed by atoms with E-state index < -0.39 is 0 Å². The SMILES string of the molecule is CCOc1cc2c(cc1NC(C)=O)Cc1ccccc1-2. The summed E-state index contributed by atoms with van der Waals surface area (Å²) in [5.74, 6) is 0.652. The van der Waals surface area contributed by atoms with Gasteiger partial charge >= 0.3 is 0 Å². The molecule has 0 spiro atoms. The first-order chi connectivity index (χ1) is 9.69. The zero-order valence-electron chi connectivity index (χ0n) is 11.7. The fourth-order valence-corrected chi connectivity index (χ4v) is 2.73. The predicted octanol–water partition coefficient (Wildman–Crippen LogP) is 3.61. The van der Waals surface area contributed by atoms with Crippen LogP contribution in [-0.4, -0.2) is 12.5 Å². The molecule has 1 aliphatic rings. The maximum Gasteiger partial charge on any atom is 0.221 e. The molecular weight excluding hydrogens is 250 g/mol. The van der Waals surface area contributed by atoms with Crippen LogP contribution in [0.1, 0.15) is 25.0 Å². The van der Waals surface area contributed by atoms with Crippen LogP contribution in [0.5, 0.6) is 5.75 Å². The maximum atomic E-state index is 11.3. The van der Waals surface area contributed by atoms with E-state index >= 15 is 0 Å². The first-order valence-electron chi connectivity index (χ1n) is 6.84. The molecule has 0 saturated carbocycles. The Morgan fingerprint density at radius 2 is 2.00 bits per heavy atom. The molecule has 0 aliphatic heterocycles. The molecule has 0 unspecified atom stereocenters. The summed E-state index contributed by atoms with van der Waals surface area (Å²) in [6.07, 6.45) is 0.907. The Kier molecular flexibility index (Phi) is 3.18. The van der Waals surface area contributed by atoms with Crippen molar-refractivity contribution >= 4 is 11.6 Å². The average Bonchev–Trinajstić information content (AvgIpc) is 2.76. The predicted molar refractivity (Wildman–Crippen MR) is 80.2 cm³/mol. The third-order valence-electron chi connectivity index (χ3n) is 3.50. The molecular formula is C17H17NO2. The van der Waals surface area contributed by atoms with Gasteiger partial charge in [-0.15, -0.1) is 0 Å². The molecule has 3 nitrogen and oxygen atoms in total. The first kappa shape index (κ1) is 12.7. The minimum atomic E-state index is -0.0820. The van der Waals surface area contributed by atoms with Gasteiger partial charge in [-0.3, -0.25) is 4.79 Å². The summed E-state index contributed by atoms with van der Waals surface area (Å²) in [5, 5.41) is 2.85. The lowest BCUT2D eigenvalue weighted by molar-refractivity contribution is -0.114. The van der Waals surface area contributed by atoms with Crippen LogP contribution in [0.4, 0.5) is 5.69 Å². The van der Waals surface area contributed by atoms with Gasteiger partial charge in [-0.05, 0) is 47.7 Å². The van der Waals surface area contributed by atoms with E-state index in [1.165, 1.54) is 29.2 Å². The van der Waals surface area contributed by atoms with Gasteiger partial charge < -0.3 is 10.1 Å². The van der Waals surface area contributed by atoms with Gasteiger partial charge in [0.15, 0.2) is 0 Å². The molecule has 0 heterocycles. The monoisotopic (exact) mass is 267 g/mol. The lowest BCUT2D eigenvalue weighted by atomic mass is 10.0. The smallest absolute Gasteiger partial charge is 0.221 e. The van der Waals surface area contributed by atoms with Gasteiger partial charge in [0.2, 0.25) is 5.91 Å². The molecule has 102 valence electrons. The first-order valence-corrected chi connectivity index (χ1v) is 6.84. The molecule has 0 atom stereocenters. The zero-order chi connectivity index (χ0) is 14.1. The van der Waals surface area contributed by atoms with Crippen LogP contribution in [0.15, 0.2) is 36.4 Å². The highest BCUT2D eigenvalue weighted by Gasteiger charge is 2.21. The summed E-state index contributed by atoms with van der Waals surface area (Å²) in [7, 11) is 0. The van der Waals surface area contributed by atoms with E-state index in [0.717, 1.165) is 17.9 Å². The number of amides is 1. The number of rotatable bonds is 3. The van der Waals surface area contributed by atoms with Crippen LogP contribution in [0.3, 0.4) is 0 Å². The molecule has 20 heavy (non-hydrogen) atoms. The number of nitrogens with one attached hydrogen (secondary N) is 1. The molecule has 3 rings (SSSR count). The van der Waals surface area contributed by atoms with Gasteiger partial charge in [-0.1, -0.05) is 24.3 Å². The molecule has 1 amide bonds. The third-order valence-corrected chi connectivity index (χ3v) is 3.50. The highest BCUT2D eigenvalue weighted by Crippen LogP contribution is 2.41. The van der Waals surface area contributed by atoms with Crippen molar-refractivity contribution in [3.63, 3.8) is 0 Å². The Morgan fingerprint density at radius 3 is 2.75 bits per heavy atom. The van der Waals surface area contributed by atoms with Crippen molar-refractivity contribution in [3.8, 4) is 16.9 Å². The van der Waals surface area contributed by atoms with Gasteiger partial charge in [0.1, 0.15) is 5.75 Å². The van der Waals surface area contributed by atoms with E-state index in [0.29, 0.717) is 6.61 Å². The molecule has 0 radical (unpaired) electrons. The Bertz CT molecular complexity index is 677. The Labute approximate surface area is 118 Å². The summed E-state index contributed by atoms with van der Waals surface area (Å²) >= 11 is 0. The van der Waals surface area contributed by atoms with Gasteiger partial charge in [-0.2, -0.15) is 0 Å². The van der Waals surface area contributed by atoms with Gasteiger partial charge in [0.05, 0.1) is 12.3 Å². The van der Waals surface area contributed by atoms with Crippen molar-refractivity contribution in [3.05, 3.63) is 47.5 Å². The van der Waals surface area contributed by atoms with E-state index in [-0.39, 0.29) is 5.91 Å². The van der Waals surface area contributed by atoms with Crippen LogP contribution < -0.4 is 10.1 Å². The van der Waals surface area contributed by atoms with Crippen LogP contribution >= 0.6 is 0 Å². The summed E-state index contributed by atoms with van der Waals surface area (Å²) in [6, 6.07) is 12.5. The lowest BCUT2D eigenvalue weighted by Gasteiger charge is -2.13. The number of fused-ring (bicyclic) bond motifs is 3. The number of carbonyl (C=O) groups excluding carboxylic acids is 1.